The minimum atomic E-state index is 0.860. The molecule has 3 aromatic rings. The number of aryl methyl sites for hydroxylation is 2. The first-order chi connectivity index (χ1) is 7.70. The van der Waals surface area contributed by atoms with E-state index in [1.54, 1.807) is 0 Å². The Bertz CT molecular complexity index is 693. The van der Waals surface area contributed by atoms with E-state index in [9.17, 15) is 0 Å². The summed E-state index contributed by atoms with van der Waals surface area (Å²) in [5.41, 5.74) is 10.5. The first-order valence-electron chi connectivity index (χ1n) is 5.42. The topological polar surface area (TPSA) is 30.9 Å². The van der Waals surface area contributed by atoms with Crippen LogP contribution < -0.4 is 5.73 Å². The maximum Gasteiger partial charge on any atom is 0.0539 e. The van der Waals surface area contributed by atoms with Crippen molar-refractivity contribution in [3.8, 4) is 0 Å². The SMILES string of the molecule is Cc1c(N)ccc2c3ccccc3n(C)c12. The van der Waals surface area contributed by atoms with Gasteiger partial charge in [0.15, 0.2) is 0 Å². The summed E-state index contributed by atoms with van der Waals surface area (Å²) in [6.45, 7) is 2.08. The number of nitrogens with two attached hydrogens (primary N) is 1. The highest BCUT2D eigenvalue weighted by Gasteiger charge is 2.10. The Balaban J connectivity index is 2.67. The molecule has 80 valence electrons. The van der Waals surface area contributed by atoms with E-state index in [-0.39, 0.29) is 0 Å². The van der Waals surface area contributed by atoms with Crippen LogP contribution in [0.4, 0.5) is 5.69 Å². The van der Waals surface area contributed by atoms with Gasteiger partial charge < -0.3 is 10.3 Å². The molecule has 1 aromatic heterocycles. The lowest BCUT2D eigenvalue weighted by atomic mass is 10.1. The van der Waals surface area contributed by atoms with Crippen molar-refractivity contribution >= 4 is 27.5 Å². The molecule has 2 heteroatoms. The van der Waals surface area contributed by atoms with E-state index in [2.05, 4.69) is 48.9 Å². The van der Waals surface area contributed by atoms with Gasteiger partial charge in [0, 0.05) is 29.0 Å². The van der Waals surface area contributed by atoms with Crippen LogP contribution in [-0.4, -0.2) is 4.57 Å². The fourth-order valence-corrected chi connectivity index (χ4v) is 2.48. The lowest BCUT2D eigenvalue weighted by Gasteiger charge is -2.04. The predicted molar refractivity (Wildman–Crippen MR) is 69.6 cm³/mol. The van der Waals surface area contributed by atoms with Crippen LogP contribution in [0.2, 0.25) is 0 Å². The zero-order valence-electron chi connectivity index (χ0n) is 9.49. The van der Waals surface area contributed by atoms with E-state index >= 15 is 0 Å². The molecule has 0 aliphatic heterocycles. The second-order valence-corrected chi connectivity index (χ2v) is 4.25. The number of anilines is 1. The zero-order chi connectivity index (χ0) is 11.3. The molecule has 0 amide bonds. The predicted octanol–water partition coefficient (Wildman–Crippen LogP) is 3.22. The van der Waals surface area contributed by atoms with E-state index in [4.69, 9.17) is 5.73 Å². The van der Waals surface area contributed by atoms with Crippen molar-refractivity contribution in [1.29, 1.82) is 0 Å². The Hall–Kier alpha value is -1.96. The van der Waals surface area contributed by atoms with Crippen LogP contribution in [0.1, 0.15) is 5.56 Å². The molecule has 0 atom stereocenters. The number of rotatable bonds is 0. The van der Waals surface area contributed by atoms with Crippen molar-refractivity contribution in [2.24, 2.45) is 7.05 Å². The lowest BCUT2D eigenvalue weighted by molar-refractivity contribution is 1.01. The highest BCUT2D eigenvalue weighted by atomic mass is 14.9. The summed E-state index contributed by atoms with van der Waals surface area (Å²) in [5.74, 6) is 0. The van der Waals surface area contributed by atoms with Crippen molar-refractivity contribution in [1.82, 2.24) is 4.57 Å². The van der Waals surface area contributed by atoms with E-state index < -0.39 is 0 Å². The summed E-state index contributed by atoms with van der Waals surface area (Å²) in [6.07, 6.45) is 0. The molecule has 16 heavy (non-hydrogen) atoms. The Morgan fingerprint density at radius 2 is 1.75 bits per heavy atom. The summed E-state index contributed by atoms with van der Waals surface area (Å²) in [5, 5.41) is 2.58. The fraction of sp³-hybridized carbons (Fsp3) is 0.143. The minimum Gasteiger partial charge on any atom is -0.398 e. The van der Waals surface area contributed by atoms with Gasteiger partial charge in [0.05, 0.1) is 5.52 Å². The van der Waals surface area contributed by atoms with Crippen LogP contribution in [-0.2, 0) is 7.05 Å². The van der Waals surface area contributed by atoms with Gasteiger partial charge in [0.2, 0.25) is 0 Å². The second kappa shape index (κ2) is 3.01. The number of nitrogen functional groups attached to an aromatic ring is 1. The van der Waals surface area contributed by atoms with E-state index in [0.29, 0.717) is 0 Å². The molecule has 2 aromatic carbocycles. The van der Waals surface area contributed by atoms with Crippen LogP contribution in [0, 0.1) is 6.92 Å². The van der Waals surface area contributed by atoms with Gasteiger partial charge in [-0.05, 0) is 24.6 Å². The standard InChI is InChI=1S/C14H14N2/c1-9-12(15)8-7-11-10-5-3-4-6-13(10)16(2)14(9)11/h3-8H,15H2,1-2H3. The third kappa shape index (κ3) is 1.01. The number of nitrogens with zero attached hydrogens (tertiary/aromatic N) is 1. The summed E-state index contributed by atoms with van der Waals surface area (Å²) < 4.78 is 2.22. The summed E-state index contributed by atoms with van der Waals surface area (Å²) in [6, 6.07) is 12.6. The Labute approximate surface area is 94.3 Å². The number of hydrogen-bond donors (Lipinski definition) is 1. The summed E-state index contributed by atoms with van der Waals surface area (Å²) in [7, 11) is 2.09. The average Bonchev–Trinajstić information content (AvgIpc) is 2.59. The molecule has 0 saturated carbocycles. The second-order valence-electron chi connectivity index (χ2n) is 4.25. The van der Waals surface area contributed by atoms with Crippen molar-refractivity contribution in [2.45, 2.75) is 6.92 Å². The fourth-order valence-electron chi connectivity index (χ4n) is 2.48. The molecule has 1 heterocycles. The Morgan fingerprint density at radius 1 is 1.00 bits per heavy atom. The lowest BCUT2D eigenvalue weighted by Crippen LogP contribution is -1.93. The van der Waals surface area contributed by atoms with Crippen LogP contribution >= 0.6 is 0 Å². The molecule has 3 rings (SSSR count). The van der Waals surface area contributed by atoms with Gasteiger partial charge in [0.1, 0.15) is 0 Å². The number of aromatic nitrogens is 1. The smallest absolute Gasteiger partial charge is 0.0539 e. The summed E-state index contributed by atoms with van der Waals surface area (Å²) >= 11 is 0. The maximum absolute atomic E-state index is 5.96. The minimum absolute atomic E-state index is 0.860. The van der Waals surface area contributed by atoms with Crippen molar-refractivity contribution < 1.29 is 0 Å². The molecule has 2 N–H and O–H groups in total. The highest BCUT2D eigenvalue weighted by molar-refractivity contribution is 6.09. The third-order valence-corrected chi connectivity index (χ3v) is 3.36. The van der Waals surface area contributed by atoms with Gasteiger partial charge in [-0.2, -0.15) is 0 Å². The molecule has 0 unspecified atom stereocenters. The molecular weight excluding hydrogens is 196 g/mol. The normalized spacial score (nSPS) is 11.4. The monoisotopic (exact) mass is 210 g/mol. The number of para-hydroxylation sites is 1. The highest BCUT2D eigenvalue weighted by Crippen LogP contribution is 2.32. The first-order valence-corrected chi connectivity index (χ1v) is 5.42. The van der Waals surface area contributed by atoms with Crippen molar-refractivity contribution in [3.05, 3.63) is 42.0 Å². The zero-order valence-corrected chi connectivity index (χ0v) is 9.49. The Kier molecular flexibility index (Phi) is 1.75. The number of hydrogen-bond acceptors (Lipinski definition) is 1. The molecule has 0 aliphatic carbocycles. The number of fused-ring (bicyclic) bond motifs is 3. The summed E-state index contributed by atoms with van der Waals surface area (Å²) in [4.78, 5) is 0. The molecule has 0 aliphatic rings. The molecule has 0 bridgehead atoms. The largest absolute Gasteiger partial charge is 0.398 e. The first kappa shape index (κ1) is 9.28. The van der Waals surface area contributed by atoms with E-state index in [1.807, 2.05) is 6.07 Å². The third-order valence-electron chi connectivity index (χ3n) is 3.36. The number of benzene rings is 2. The van der Waals surface area contributed by atoms with E-state index in [1.165, 1.54) is 21.8 Å². The van der Waals surface area contributed by atoms with E-state index in [0.717, 1.165) is 11.3 Å². The van der Waals surface area contributed by atoms with Gasteiger partial charge in [-0.15, -0.1) is 0 Å². The molecule has 2 nitrogen and oxygen atoms in total. The quantitative estimate of drug-likeness (QED) is 0.567. The van der Waals surface area contributed by atoms with Gasteiger partial charge >= 0.3 is 0 Å². The molecule has 0 radical (unpaired) electrons. The van der Waals surface area contributed by atoms with Crippen LogP contribution in [0.3, 0.4) is 0 Å². The average molecular weight is 210 g/mol. The maximum atomic E-state index is 5.96. The molecule has 0 spiro atoms. The van der Waals surface area contributed by atoms with Crippen molar-refractivity contribution in [2.75, 3.05) is 5.73 Å². The van der Waals surface area contributed by atoms with Gasteiger partial charge in [-0.1, -0.05) is 24.3 Å². The molecule has 0 fully saturated rings. The van der Waals surface area contributed by atoms with Crippen LogP contribution in [0.25, 0.3) is 21.8 Å². The molecule has 0 saturated heterocycles. The van der Waals surface area contributed by atoms with Crippen molar-refractivity contribution in [3.63, 3.8) is 0 Å². The van der Waals surface area contributed by atoms with Gasteiger partial charge in [-0.25, -0.2) is 0 Å². The van der Waals surface area contributed by atoms with Gasteiger partial charge in [0.25, 0.3) is 0 Å². The molecular formula is C14H14N2. The van der Waals surface area contributed by atoms with Crippen LogP contribution in [0.15, 0.2) is 36.4 Å². The van der Waals surface area contributed by atoms with Crippen LogP contribution in [0.5, 0.6) is 0 Å². The van der Waals surface area contributed by atoms with Gasteiger partial charge in [-0.3, -0.25) is 0 Å². The Morgan fingerprint density at radius 3 is 2.56 bits per heavy atom.